The van der Waals surface area contributed by atoms with Crippen LogP contribution in [0.1, 0.15) is 36.0 Å². The van der Waals surface area contributed by atoms with E-state index in [4.69, 9.17) is 0 Å². The Kier molecular flexibility index (Phi) is 4.92. The van der Waals surface area contributed by atoms with Gasteiger partial charge < -0.3 is 4.90 Å². The molecule has 1 amide bonds. The minimum atomic E-state index is 0.118. The molecule has 0 N–H and O–H groups in total. The Morgan fingerprint density at radius 3 is 2.67 bits per heavy atom. The molecular weight excluding hydrogens is 348 g/mol. The van der Waals surface area contributed by atoms with E-state index in [1.165, 1.54) is 32.4 Å². The lowest BCUT2D eigenvalue weighted by molar-refractivity contribution is 0.0768. The Labute approximate surface area is 140 Å². The second kappa shape index (κ2) is 6.71. The van der Waals surface area contributed by atoms with Crippen molar-refractivity contribution in [1.82, 2.24) is 9.80 Å². The number of halogens is 1. The van der Waals surface area contributed by atoms with Crippen LogP contribution in [0.25, 0.3) is 0 Å². The maximum atomic E-state index is 12.7. The normalized spacial score (nSPS) is 23.5. The number of thiol groups is 1. The van der Waals surface area contributed by atoms with Crippen LogP contribution in [0.2, 0.25) is 0 Å². The van der Waals surface area contributed by atoms with Crippen molar-refractivity contribution >= 4 is 34.5 Å². The van der Waals surface area contributed by atoms with Gasteiger partial charge in [-0.2, -0.15) is 0 Å². The lowest BCUT2D eigenvalue weighted by Gasteiger charge is -2.32. The molecule has 0 radical (unpaired) electrons. The fraction of sp³-hybridized carbons (Fsp3) is 0.562. The summed E-state index contributed by atoms with van der Waals surface area (Å²) >= 11 is 7.85. The zero-order chi connectivity index (χ0) is 14.8. The number of benzene rings is 1. The van der Waals surface area contributed by atoms with E-state index in [-0.39, 0.29) is 5.91 Å². The van der Waals surface area contributed by atoms with E-state index < -0.39 is 0 Å². The minimum Gasteiger partial charge on any atom is -0.337 e. The smallest absolute Gasteiger partial charge is 0.255 e. The summed E-state index contributed by atoms with van der Waals surface area (Å²) in [5.41, 5.74) is 0.709. The first-order valence-electron chi connectivity index (χ1n) is 7.67. The Morgan fingerprint density at radius 2 is 1.95 bits per heavy atom. The second-order valence-electron chi connectivity index (χ2n) is 5.95. The summed E-state index contributed by atoms with van der Waals surface area (Å²) in [4.78, 5) is 18.0. The number of piperidine rings is 1. The van der Waals surface area contributed by atoms with Gasteiger partial charge in [-0.3, -0.25) is 9.69 Å². The average molecular weight is 369 g/mol. The monoisotopic (exact) mass is 368 g/mol. The van der Waals surface area contributed by atoms with Crippen molar-refractivity contribution in [3.63, 3.8) is 0 Å². The molecule has 0 bridgehead atoms. The molecule has 2 heterocycles. The van der Waals surface area contributed by atoms with Crippen molar-refractivity contribution in [3.05, 3.63) is 28.2 Å². The summed E-state index contributed by atoms with van der Waals surface area (Å²) in [7, 11) is 0. The van der Waals surface area contributed by atoms with Gasteiger partial charge in [-0.15, -0.1) is 12.6 Å². The van der Waals surface area contributed by atoms with Crippen LogP contribution in [-0.2, 0) is 0 Å². The molecule has 114 valence electrons. The number of carbonyl (C=O) groups excluding carboxylic acids is 1. The number of carbonyl (C=O) groups is 1. The highest BCUT2D eigenvalue weighted by Crippen LogP contribution is 2.25. The highest BCUT2D eigenvalue weighted by Gasteiger charge is 2.31. The molecule has 1 aromatic carbocycles. The number of likely N-dealkylation sites (tertiary alicyclic amines) is 2. The van der Waals surface area contributed by atoms with Gasteiger partial charge in [-0.25, -0.2) is 0 Å². The molecule has 1 unspecified atom stereocenters. The van der Waals surface area contributed by atoms with Gasteiger partial charge >= 0.3 is 0 Å². The topological polar surface area (TPSA) is 23.6 Å². The summed E-state index contributed by atoms with van der Waals surface area (Å²) in [6.45, 7) is 4.12. The molecule has 0 spiro atoms. The molecule has 0 aliphatic carbocycles. The third-order valence-corrected chi connectivity index (χ3v) is 5.41. The lowest BCUT2D eigenvalue weighted by Crippen LogP contribution is -2.41. The van der Waals surface area contributed by atoms with Crippen LogP contribution in [0.15, 0.2) is 27.6 Å². The van der Waals surface area contributed by atoms with Crippen LogP contribution >= 0.6 is 28.6 Å². The standard InChI is InChI=1S/C16H21BrN2OS/c17-12-4-5-14(15(21)10-12)16(20)19-9-6-13(11-19)18-7-2-1-3-8-18/h4-5,10,13,21H,1-3,6-9,11H2. The molecular formula is C16H21BrN2OS. The predicted molar refractivity (Wildman–Crippen MR) is 91.1 cm³/mol. The molecule has 2 fully saturated rings. The van der Waals surface area contributed by atoms with Gasteiger partial charge in [0.1, 0.15) is 0 Å². The molecule has 0 saturated carbocycles. The van der Waals surface area contributed by atoms with E-state index in [0.29, 0.717) is 11.6 Å². The molecule has 1 aromatic rings. The fourth-order valence-corrected chi connectivity index (χ4v) is 4.21. The Balaban J connectivity index is 1.66. The molecule has 3 nitrogen and oxygen atoms in total. The third kappa shape index (κ3) is 3.46. The number of rotatable bonds is 2. The van der Waals surface area contributed by atoms with Gasteiger partial charge in [0, 0.05) is 28.5 Å². The first kappa shape index (κ1) is 15.4. The van der Waals surface area contributed by atoms with Gasteiger partial charge in [-0.1, -0.05) is 22.4 Å². The van der Waals surface area contributed by atoms with E-state index in [1.807, 2.05) is 23.1 Å². The first-order chi connectivity index (χ1) is 10.1. The molecule has 0 aromatic heterocycles. The molecule has 2 aliphatic heterocycles. The van der Waals surface area contributed by atoms with Crippen molar-refractivity contribution in [1.29, 1.82) is 0 Å². The van der Waals surface area contributed by atoms with Gasteiger partial charge in [0.05, 0.1) is 5.56 Å². The molecule has 1 atom stereocenters. The average Bonchev–Trinajstić information content (AvgIpc) is 2.97. The van der Waals surface area contributed by atoms with Crippen molar-refractivity contribution < 1.29 is 4.79 Å². The SMILES string of the molecule is O=C(c1ccc(Br)cc1S)N1CCC(N2CCCCC2)C1. The van der Waals surface area contributed by atoms with Crippen molar-refractivity contribution in [3.8, 4) is 0 Å². The third-order valence-electron chi connectivity index (χ3n) is 4.55. The van der Waals surface area contributed by atoms with Crippen molar-refractivity contribution in [2.75, 3.05) is 26.2 Å². The number of nitrogens with zero attached hydrogens (tertiary/aromatic N) is 2. The highest BCUT2D eigenvalue weighted by molar-refractivity contribution is 9.10. The maximum Gasteiger partial charge on any atom is 0.255 e. The Morgan fingerprint density at radius 1 is 1.19 bits per heavy atom. The summed E-state index contributed by atoms with van der Waals surface area (Å²) in [6.07, 6.45) is 5.06. The first-order valence-corrected chi connectivity index (χ1v) is 8.91. The van der Waals surface area contributed by atoms with Gasteiger partial charge in [-0.05, 0) is 50.6 Å². The highest BCUT2D eigenvalue weighted by atomic mass is 79.9. The number of amides is 1. The van der Waals surface area contributed by atoms with Crippen molar-refractivity contribution in [2.24, 2.45) is 0 Å². The summed E-state index contributed by atoms with van der Waals surface area (Å²) < 4.78 is 0.955. The van der Waals surface area contributed by atoms with Crippen LogP contribution in [-0.4, -0.2) is 47.9 Å². The van der Waals surface area contributed by atoms with Crippen LogP contribution in [0, 0.1) is 0 Å². The molecule has 3 rings (SSSR count). The van der Waals surface area contributed by atoms with E-state index in [9.17, 15) is 4.79 Å². The van der Waals surface area contributed by atoms with Gasteiger partial charge in [0.2, 0.25) is 0 Å². The van der Waals surface area contributed by atoms with Crippen molar-refractivity contribution in [2.45, 2.75) is 36.6 Å². The van der Waals surface area contributed by atoms with Crippen LogP contribution < -0.4 is 0 Å². The van der Waals surface area contributed by atoms with Gasteiger partial charge in [0.15, 0.2) is 0 Å². The van der Waals surface area contributed by atoms with Crippen LogP contribution in [0.5, 0.6) is 0 Å². The Hall–Kier alpha value is -0.520. The zero-order valence-electron chi connectivity index (χ0n) is 12.1. The van der Waals surface area contributed by atoms with E-state index in [1.54, 1.807) is 0 Å². The van der Waals surface area contributed by atoms with E-state index in [2.05, 4.69) is 33.5 Å². The summed E-state index contributed by atoms with van der Waals surface area (Å²) in [5.74, 6) is 0.118. The minimum absolute atomic E-state index is 0.118. The predicted octanol–water partition coefficient (Wildman–Crippen LogP) is 3.44. The summed E-state index contributed by atoms with van der Waals surface area (Å²) in [5, 5.41) is 0. The largest absolute Gasteiger partial charge is 0.337 e. The fourth-order valence-electron chi connectivity index (χ4n) is 3.36. The second-order valence-corrected chi connectivity index (χ2v) is 7.35. The molecule has 5 heteroatoms. The van der Waals surface area contributed by atoms with E-state index >= 15 is 0 Å². The number of hydrogen-bond acceptors (Lipinski definition) is 3. The van der Waals surface area contributed by atoms with Crippen LogP contribution in [0.3, 0.4) is 0 Å². The maximum absolute atomic E-state index is 12.7. The quantitative estimate of drug-likeness (QED) is 0.808. The Bertz CT molecular complexity index is 531. The van der Waals surface area contributed by atoms with Gasteiger partial charge in [0.25, 0.3) is 5.91 Å². The van der Waals surface area contributed by atoms with E-state index in [0.717, 1.165) is 28.9 Å². The molecule has 2 saturated heterocycles. The van der Waals surface area contributed by atoms with Crippen LogP contribution in [0.4, 0.5) is 0 Å². The molecule has 2 aliphatic rings. The summed E-state index contributed by atoms with van der Waals surface area (Å²) in [6, 6.07) is 6.20. The molecule has 21 heavy (non-hydrogen) atoms. The lowest BCUT2D eigenvalue weighted by atomic mass is 10.1. The zero-order valence-corrected chi connectivity index (χ0v) is 14.6. The number of hydrogen-bond donors (Lipinski definition) is 1.